The Balaban J connectivity index is 1.49. The van der Waals surface area contributed by atoms with Crippen LogP contribution in [0.2, 0.25) is 0 Å². The molecule has 4 unspecified atom stereocenters. The molecule has 0 saturated carbocycles. The Morgan fingerprint density at radius 1 is 0.825 bits per heavy atom. The minimum absolute atomic E-state index is 0.0881. The Hall–Kier alpha value is -4.60. The van der Waals surface area contributed by atoms with E-state index in [1.807, 2.05) is 24.3 Å². The maximum Gasteiger partial charge on any atom is 0.310 e. The third kappa shape index (κ3) is 4.11. The fourth-order valence-corrected chi connectivity index (χ4v) is 6.00. The second kappa shape index (κ2) is 10.2. The lowest BCUT2D eigenvalue weighted by atomic mass is 9.65. The van der Waals surface area contributed by atoms with Crippen molar-refractivity contribution in [2.45, 2.75) is 12.0 Å². The van der Waals surface area contributed by atoms with Gasteiger partial charge in [-0.3, -0.25) is 9.59 Å². The maximum absolute atomic E-state index is 13.4. The number of hydrogen-bond acceptors (Lipinski definition) is 9. The van der Waals surface area contributed by atoms with Crippen molar-refractivity contribution >= 4 is 11.9 Å². The number of nitrogens with one attached hydrogen (secondary N) is 1. The summed E-state index contributed by atoms with van der Waals surface area (Å²) in [5, 5.41) is 3.17. The molecule has 6 rings (SSSR count). The topological polar surface area (TPSA) is 111 Å². The molecule has 3 aliphatic rings. The molecule has 4 atom stereocenters. The fraction of sp³-hybridized carbons (Fsp3) is 0.333. The van der Waals surface area contributed by atoms with Gasteiger partial charge in [0.2, 0.25) is 12.5 Å². The molecule has 1 saturated heterocycles. The molecule has 3 aromatic carbocycles. The summed E-state index contributed by atoms with van der Waals surface area (Å²) in [7, 11) is 6.20. The van der Waals surface area contributed by atoms with Crippen LogP contribution in [0.15, 0.2) is 48.5 Å². The van der Waals surface area contributed by atoms with Crippen LogP contribution in [0.3, 0.4) is 0 Å². The fourth-order valence-electron chi connectivity index (χ4n) is 6.00. The van der Waals surface area contributed by atoms with Crippen LogP contribution in [0, 0.1) is 11.8 Å². The van der Waals surface area contributed by atoms with Gasteiger partial charge in [0.1, 0.15) is 5.75 Å². The summed E-state index contributed by atoms with van der Waals surface area (Å²) >= 11 is 0. The second-order valence-corrected chi connectivity index (χ2v) is 9.77. The lowest BCUT2D eigenvalue weighted by Crippen LogP contribution is -2.42. The van der Waals surface area contributed by atoms with Crippen molar-refractivity contribution in [1.82, 2.24) is 5.32 Å². The number of ether oxygens (including phenoxy) is 7. The lowest BCUT2D eigenvalue weighted by molar-refractivity contribution is -0.141. The van der Waals surface area contributed by atoms with Gasteiger partial charge in [-0.2, -0.15) is 0 Å². The molecule has 0 aromatic heterocycles. The summed E-state index contributed by atoms with van der Waals surface area (Å²) in [6, 6.07) is 13.8. The molecule has 1 aliphatic carbocycles. The molecule has 0 spiro atoms. The molecule has 40 heavy (non-hydrogen) atoms. The number of amides is 1. The van der Waals surface area contributed by atoms with Gasteiger partial charge in [0.15, 0.2) is 23.0 Å². The van der Waals surface area contributed by atoms with Crippen LogP contribution in [-0.2, 0) is 9.53 Å². The first kappa shape index (κ1) is 25.7. The summed E-state index contributed by atoms with van der Waals surface area (Å²) in [5.74, 6) is 1.21. The van der Waals surface area contributed by atoms with Gasteiger partial charge in [-0.25, -0.2) is 0 Å². The number of carbonyl (C=O) groups is 2. The standard InChI is InChI=1S/C30H29NO9/c1-34-17-7-5-15(6-8-17)29(32)31-27-19-12-22-21(39-14-40-22)11-18(19)25(26-20(27)13-38-30(26)33)16-9-23(35-2)28(37-4)24(10-16)36-3/h5-12,20,25-27H,13-14H2,1-4H3,(H,31,32). The van der Waals surface area contributed by atoms with Gasteiger partial charge in [0, 0.05) is 17.4 Å². The van der Waals surface area contributed by atoms with Crippen molar-refractivity contribution in [2.24, 2.45) is 11.8 Å². The zero-order valence-electron chi connectivity index (χ0n) is 22.5. The van der Waals surface area contributed by atoms with Crippen LogP contribution in [0.1, 0.15) is 39.0 Å². The molecule has 1 N–H and O–H groups in total. The summed E-state index contributed by atoms with van der Waals surface area (Å²) < 4.78 is 39.0. The monoisotopic (exact) mass is 547 g/mol. The average Bonchev–Trinajstić information content (AvgIpc) is 3.61. The van der Waals surface area contributed by atoms with E-state index < -0.39 is 17.9 Å². The largest absolute Gasteiger partial charge is 0.497 e. The first-order valence-corrected chi connectivity index (χ1v) is 12.8. The van der Waals surface area contributed by atoms with E-state index in [-0.39, 0.29) is 31.2 Å². The average molecular weight is 548 g/mol. The molecule has 10 heteroatoms. The highest BCUT2D eigenvalue weighted by molar-refractivity contribution is 5.95. The van der Waals surface area contributed by atoms with Crippen LogP contribution in [0.25, 0.3) is 0 Å². The van der Waals surface area contributed by atoms with E-state index in [0.717, 1.165) is 16.7 Å². The van der Waals surface area contributed by atoms with Crippen molar-refractivity contribution in [1.29, 1.82) is 0 Å². The molecule has 3 aromatic rings. The Kier molecular flexibility index (Phi) is 6.53. The first-order chi connectivity index (χ1) is 19.5. The number of benzene rings is 3. The van der Waals surface area contributed by atoms with E-state index in [9.17, 15) is 9.59 Å². The summed E-state index contributed by atoms with van der Waals surface area (Å²) in [5.41, 5.74) is 2.89. The summed E-state index contributed by atoms with van der Waals surface area (Å²) in [6.45, 7) is 0.247. The van der Waals surface area contributed by atoms with Crippen LogP contribution < -0.4 is 33.7 Å². The van der Waals surface area contributed by atoms with E-state index in [1.54, 1.807) is 45.6 Å². The molecule has 1 amide bonds. The smallest absolute Gasteiger partial charge is 0.310 e. The number of esters is 1. The van der Waals surface area contributed by atoms with Gasteiger partial charge in [0.05, 0.1) is 47.0 Å². The summed E-state index contributed by atoms with van der Waals surface area (Å²) in [6.07, 6.45) is 0. The molecule has 0 bridgehead atoms. The maximum atomic E-state index is 13.4. The highest BCUT2D eigenvalue weighted by Gasteiger charge is 2.53. The molecular formula is C30H29NO9. The SMILES string of the molecule is COc1ccc(C(=O)NC2c3cc4c(cc3C(c3cc(OC)c(OC)c(OC)c3)C3C(=O)OCC23)OCO4)cc1. The zero-order chi connectivity index (χ0) is 28.0. The Bertz CT molecular complexity index is 1440. The minimum atomic E-state index is -0.586. The Labute approximate surface area is 231 Å². The van der Waals surface area contributed by atoms with Gasteiger partial charge in [-0.05, 0) is 65.2 Å². The predicted octanol–water partition coefficient (Wildman–Crippen LogP) is 3.86. The predicted molar refractivity (Wildman–Crippen MR) is 142 cm³/mol. The number of methoxy groups -OCH3 is 4. The van der Waals surface area contributed by atoms with Crippen LogP contribution in [-0.4, -0.2) is 53.7 Å². The van der Waals surface area contributed by atoms with Crippen molar-refractivity contribution in [3.05, 3.63) is 70.8 Å². The number of fused-ring (bicyclic) bond motifs is 3. The van der Waals surface area contributed by atoms with Crippen molar-refractivity contribution in [3.8, 4) is 34.5 Å². The van der Waals surface area contributed by atoms with Gasteiger partial charge < -0.3 is 38.5 Å². The third-order valence-corrected chi connectivity index (χ3v) is 7.87. The summed E-state index contributed by atoms with van der Waals surface area (Å²) in [4.78, 5) is 26.8. The first-order valence-electron chi connectivity index (χ1n) is 12.8. The quantitative estimate of drug-likeness (QED) is 0.441. The molecule has 208 valence electrons. The van der Waals surface area contributed by atoms with E-state index in [0.29, 0.717) is 40.1 Å². The van der Waals surface area contributed by atoms with Crippen LogP contribution in [0.4, 0.5) is 0 Å². The van der Waals surface area contributed by atoms with Gasteiger partial charge in [0.25, 0.3) is 5.91 Å². The van der Waals surface area contributed by atoms with Crippen LogP contribution >= 0.6 is 0 Å². The second-order valence-electron chi connectivity index (χ2n) is 9.77. The molecule has 2 heterocycles. The molecule has 10 nitrogen and oxygen atoms in total. The minimum Gasteiger partial charge on any atom is -0.497 e. The van der Waals surface area contributed by atoms with E-state index in [2.05, 4.69) is 5.32 Å². The molecule has 0 radical (unpaired) electrons. The van der Waals surface area contributed by atoms with E-state index in [1.165, 1.54) is 7.11 Å². The number of cyclic esters (lactones) is 1. The third-order valence-electron chi connectivity index (χ3n) is 7.87. The Morgan fingerprint density at radius 2 is 1.48 bits per heavy atom. The number of carbonyl (C=O) groups excluding carboxylic acids is 2. The highest BCUT2D eigenvalue weighted by Crippen LogP contribution is 2.55. The van der Waals surface area contributed by atoms with Gasteiger partial charge >= 0.3 is 5.97 Å². The molecular weight excluding hydrogens is 518 g/mol. The number of rotatable bonds is 7. The van der Waals surface area contributed by atoms with Crippen molar-refractivity contribution in [3.63, 3.8) is 0 Å². The van der Waals surface area contributed by atoms with Crippen molar-refractivity contribution in [2.75, 3.05) is 41.8 Å². The Morgan fingerprint density at radius 3 is 2.08 bits per heavy atom. The van der Waals surface area contributed by atoms with Crippen molar-refractivity contribution < 1.29 is 42.7 Å². The van der Waals surface area contributed by atoms with Gasteiger partial charge in [-0.15, -0.1) is 0 Å². The van der Waals surface area contributed by atoms with E-state index in [4.69, 9.17) is 33.2 Å². The zero-order valence-corrected chi connectivity index (χ0v) is 22.5. The lowest BCUT2D eigenvalue weighted by Gasteiger charge is -2.39. The van der Waals surface area contributed by atoms with Gasteiger partial charge in [-0.1, -0.05) is 0 Å². The molecule has 2 aliphatic heterocycles. The molecule has 1 fully saturated rings. The van der Waals surface area contributed by atoms with Crippen LogP contribution in [0.5, 0.6) is 34.5 Å². The highest BCUT2D eigenvalue weighted by atomic mass is 16.7. The normalized spacial score (nSPS) is 22.1. The van der Waals surface area contributed by atoms with E-state index >= 15 is 0 Å². The number of hydrogen-bond donors (Lipinski definition) is 1.